The van der Waals surface area contributed by atoms with E-state index in [-0.39, 0.29) is 6.29 Å². The quantitative estimate of drug-likeness (QED) is 0.268. The van der Waals surface area contributed by atoms with Gasteiger partial charge in [0.05, 0.1) is 0 Å². The van der Waals surface area contributed by atoms with Gasteiger partial charge in [0.15, 0.2) is 0 Å². The Balaban J connectivity index is 0.000000374. The van der Waals surface area contributed by atoms with E-state index in [0.717, 1.165) is 20.5 Å². The van der Waals surface area contributed by atoms with Crippen LogP contribution in [0.5, 0.6) is 11.5 Å². The summed E-state index contributed by atoms with van der Waals surface area (Å²) in [6.45, 7) is 13.4. The van der Waals surface area contributed by atoms with E-state index < -0.39 is 0 Å². The molecular weight excluding hydrogens is 439 g/mol. The Bertz CT molecular complexity index is 724. The van der Waals surface area contributed by atoms with Crippen molar-refractivity contribution in [3.63, 3.8) is 0 Å². The summed E-state index contributed by atoms with van der Waals surface area (Å²) in [4.78, 5) is 0. The molecule has 0 bridgehead atoms. The van der Waals surface area contributed by atoms with Crippen LogP contribution in [0.15, 0.2) is 48.5 Å². The van der Waals surface area contributed by atoms with Gasteiger partial charge in [0, 0.05) is 12.5 Å². The molecular formula is C30H49O3P. The Morgan fingerprint density at radius 2 is 1.53 bits per heavy atom. The summed E-state index contributed by atoms with van der Waals surface area (Å²) in [5.41, 5.74) is 2.71. The Morgan fingerprint density at radius 3 is 2.06 bits per heavy atom. The van der Waals surface area contributed by atoms with Gasteiger partial charge in [-0.15, -0.1) is 8.58 Å². The Kier molecular flexibility index (Phi) is 16.8. The zero-order valence-corrected chi connectivity index (χ0v) is 23.5. The number of ether oxygens (including phenoxy) is 2. The fourth-order valence-electron chi connectivity index (χ4n) is 3.96. The van der Waals surface area contributed by atoms with E-state index in [9.17, 15) is 0 Å². The molecule has 3 unspecified atom stereocenters. The van der Waals surface area contributed by atoms with Gasteiger partial charge in [0.1, 0.15) is 11.5 Å². The SMILES string of the molecule is CC.CCOC(Oc1ccc(C(C)CC)cc1)C1CCCCC1.CCPCc1ccc(O)cc1. The third-order valence-electron chi connectivity index (χ3n) is 6.19. The minimum atomic E-state index is -0.0789. The Labute approximate surface area is 211 Å². The number of aromatic hydroxyl groups is 1. The number of phenols is 1. The molecule has 0 saturated heterocycles. The molecule has 0 aromatic heterocycles. The highest BCUT2D eigenvalue weighted by molar-refractivity contribution is 7.37. The highest BCUT2D eigenvalue weighted by Gasteiger charge is 2.25. The first-order valence-corrected chi connectivity index (χ1v) is 14.9. The molecule has 1 N–H and O–H groups in total. The predicted octanol–water partition coefficient (Wildman–Crippen LogP) is 9.14. The van der Waals surface area contributed by atoms with E-state index in [1.165, 1.54) is 55.8 Å². The van der Waals surface area contributed by atoms with Gasteiger partial charge in [-0.2, -0.15) is 0 Å². The molecule has 3 nitrogen and oxygen atoms in total. The van der Waals surface area contributed by atoms with Crippen molar-refractivity contribution in [1.29, 1.82) is 0 Å². The molecule has 192 valence electrons. The minimum absolute atomic E-state index is 0.0789. The lowest BCUT2D eigenvalue weighted by Gasteiger charge is -2.30. The van der Waals surface area contributed by atoms with E-state index in [0.29, 0.717) is 24.2 Å². The van der Waals surface area contributed by atoms with Crippen LogP contribution in [0.1, 0.15) is 97.1 Å². The van der Waals surface area contributed by atoms with E-state index in [1.807, 2.05) is 32.9 Å². The zero-order valence-electron chi connectivity index (χ0n) is 22.5. The smallest absolute Gasteiger partial charge is 0.202 e. The summed E-state index contributed by atoms with van der Waals surface area (Å²) in [6, 6.07) is 16.0. The molecule has 0 radical (unpaired) electrons. The molecule has 0 amide bonds. The standard InChI is InChI=1S/C19H30O2.C9H13OP.C2H6/c1-4-15(3)16-11-13-18(14-12-16)21-19(20-5-2)17-9-7-6-8-10-17;1-2-11-7-8-3-5-9(10)6-4-8;1-2/h11-15,17,19H,4-10H2,1-3H3;3-6,10-11H,2,7H2,1H3;1-2H3. The lowest BCUT2D eigenvalue weighted by molar-refractivity contribution is -0.119. The van der Waals surface area contributed by atoms with Gasteiger partial charge >= 0.3 is 0 Å². The lowest BCUT2D eigenvalue weighted by atomic mass is 9.89. The molecule has 1 aliphatic carbocycles. The van der Waals surface area contributed by atoms with Gasteiger partial charge in [0.25, 0.3) is 0 Å². The molecule has 4 heteroatoms. The lowest BCUT2D eigenvalue weighted by Crippen LogP contribution is -2.31. The summed E-state index contributed by atoms with van der Waals surface area (Å²) in [5.74, 6) is 2.45. The normalized spacial score (nSPS) is 15.6. The highest BCUT2D eigenvalue weighted by atomic mass is 31.1. The average Bonchev–Trinajstić information content (AvgIpc) is 2.90. The molecule has 2 aromatic carbocycles. The molecule has 0 spiro atoms. The van der Waals surface area contributed by atoms with Gasteiger partial charge in [-0.1, -0.05) is 78.1 Å². The van der Waals surface area contributed by atoms with Crippen molar-refractivity contribution in [2.75, 3.05) is 12.8 Å². The van der Waals surface area contributed by atoms with Crippen molar-refractivity contribution >= 4 is 8.58 Å². The van der Waals surface area contributed by atoms with Crippen LogP contribution in [0.2, 0.25) is 0 Å². The summed E-state index contributed by atoms with van der Waals surface area (Å²) >= 11 is 0. The number of phenolic OH excluding ortho intramolecular Hbond substituents is 1. The second-order valence-corrected chi connectivity index (χ2v) is 10.2. The fourth-order valence-corrected chi connectivity index (χ4v) is 4.74. The summed E-state index contributed by atoms with van der Waals surface area (Å²) in [7, 11) is 1.01. The number of rotatable bonds is 10. The second kappa shape index (κ2) is 18.7. The third-order valence-corrected chi connectivity index (χ3v) is 7.35. The van der Waals surface area contributed by atoms with E-state index in [2.05, 4.69) is 45.0 Å². The highest BCUT2D eigenvalue weighted by Crippen LogP contribution is 2.30. The Morgan fingerprint density at radius 1 is 0.912 bits per heavy atom. The number of hydrogen-bond acceptors (Lipinski definition) is 3. The first-order valence-electron chi connectivity index (χ1n) is 13.4. The van der Waals surface area contributed by atoms with Crippen LogP contribution in [-0.2, 0) is 10.9 Å². The second-order valence-electron chi connectivity index (χ2n) is 8.66. The average molecular weight is 489 g/mol. The summed E-state index contributed by atoms with van der Waals surface area (Å²) in [5, 5.41) is 8.98. The van der Waals surface area contributed by atoms with Crippen LogP contribution < -0.4 is 4.74 Å². The van der Waals surface area contributed by atoms with Crippen molar-refractivity contribution in [1.82, 2.24) is 0 Å². The van der Waals surface area contributed by atoms with Crippen LogP contribution in [0.25, 0.3) is 0 Å². The third kappa shape index (κ3) is 11.7. The molecule has 0 heterocycles. The van der Waals surface area contributed by atoms with Crippen molar-refractivity contribution in [3.05, 3.63) is 59.7 Å². The van der Waals surface area contributed by atoms with E-state index in [4.69, 9.17) is 14.6 Å². The molecule has 3 rings (SSSR count). The summed E-state index contributed by atoms with van der Waals surface area (Å²) in [6.07, 6.45) is 9.94. The molecule has 1 aliphatic rings. The minimum Gasteiger partial charge on any atom is -0.508 e. The Hall–Kier alpha value is -1.57. The van der Waals surface area contributed by atoms with Gasteiger partial charge < -0.3 is 14.6 Å². The number of benzene rings is 2. The van der Waals surface area contributed by atoms with Crippen LogP contribution >= 0.6 is 8.58 Å². The monoisotopic (exact) mass is 488 g/mol. The topological polar surface area (TPSA) is 38.7 Å². The predicted molar refractivity (Wildman–Crippen MR) is 150 cm³/mol. The van der Waals surface area contributed by atoms with Crippen molar-refractivity contribution in [3.8, 4) is 11.5 Å². The van der Waals surface area contributed by atoms with Gasteiger partial charge in [0.2, 0.25) is 6.29 Å². The molecule has 3 atom stereocenters. The number of hydrogen-bond donors (Lipinski definition) is 1. The van der Waals surface area contributed by atoms with Crippen molar-refractivity contribution in [2.24, 2.45) is 5.92 Å². The van der Waals surface area contributed by atoms with Crippen LogP contribution in [-0.4, -0.2) is 24.2 Å². The van der Waals surface area contributed by atoms with E-state index in [1.54, 1.807) is 12.1 Å². The molecule has 2 aromatic rings. The van der Waals surface area contributed by atoms with Gasteiger partial charge in [-0.05, 0) is 79.8 Å². The molecule has 1 saturated carbocycles. The van der Waals surface area contributed by atoms with Crippen molar-refractivity contribution in [2.45, 2.75) is 98.4 Å². The van der Waals surface area contributed by atoms with Gasteiger partial charge in [-0.25, -0.2) is 0 Å². The maximum atomic E-state index is 8.98. The molecule has 0 aliphatic heterocycles. The maximum absolute atomic E-state index is 8.98. The maximum Gasteiger partial charge on any atom is 0.202 e. The first-order chi connectivity index (χ1) is 16.6. The van der Waals surface area contributed by atoms with Crippen LogP contribution in [0, 0.1) is 5.92 Å². The first kappa shape index (κ1) is 30.5. The zero-order chi connectivity index (χ0) is 25.2. The van der Waals surface area contributed by atoms with Crippen molar-refractivity contribution < 1.29 is 14.6 Å². The summed E-state index contributed by atoms with van der Waals surface area (Å²) < 4.78 is 12.0. The molecule has 1 fully saturated rings. The van der Waals surface area contributed by atoms with Gasteiger partial charge in [-0.3, -0.25) is 0 Å². The van der Waals surface area contributed by atoms with E-state index >= 15 is 0 Å². The fraction of sp³-hybridized carbons (Fsp3) is 0.600. The van der Waals surface area contributed by atoms with Crippen LogP contribution in [0.4, 0.5) is 0 Å². The molecule has 34 heavy (non-hydrogen) atoms. The largest absolute Gasteiger partial charge is 0.508 e. The van der Waals surface area contributed by atoms with Crippen LogP contribution in [0.3, 0.4) is 0 Å².